The Morgan fingerprint density at radius 3 is 2.50 bits per heavy atom. The number of halogens is 2. The minimum absolute atomic E-state index is 0.0798. The number of nitrogens with zero attached hydrogens (tertiary/aromatic N) is 3. The minimum Gasteiger partial charge on any atom is -0.390 e. The molecule has 132 valence electrons. The van der Waals surface area contributed by atoms with Crippen molar-refractivity contribution in [3.63, 3.8) is 0 Å². The van der Waals surface area contributed by atoms with Crippen molar-refractivity contribution in [1.82, 2.24) is 14.8 Å². The first-order valence-electron chi connectivity index (χ1n) is 8.14. The monoisotopic (exact) mass is 337 g/mol. The molecule has 4 nitrogen and oxygen atoms in total. The molecule has 1 heterocycles. The number of aliphatic hydroxyl groups is 1. The topological polar surface area (TPSA) is 50.9 Å². The van der Waals surface area contributed by atoms with E-state index in [2.05, 4.69) is 10.1 Å². The lowest BCUT2D eigenvalue weighted by Crippen LogP contribution is -2.37. The number of aromatic nitrogens is 3. The second-order valence-corrected chi connectivity index (χ2v) is 7.53. The molecule has 0 fully saturated rings. The van der Waals surface area contributed by atoms with Crippen LogP contribution in [0.4, 0.5) is 8.78 Å². The highest BCUT2D eigenvalue weighted by molar-refractivity contribution is 5.19. The third-order valence-corrected chi connectivity index (χ3v) is 4.26. The third-order valence-electron chi connectivity index (χ3n) is 4.26. The van der Waals surface area contributed by atoms with Crippen LogP contribution < -0.4 is 0 Å². The van der Waals surface area contributed by atoms with Gasteiger partial charge in [0.2, 0.25) is 0 Å². The van der Waals surface area contributed by atoms with E-state index in [-0.39, 0.29) is 17.4 Å². The van der Waals surface area contributed by atoms with Crippen molar-refractivity contribution in [1.29, 1.82) is 0 Å². The van der Waals surface area contributed by atoms with Crippen molar-refractivity contribution >= 4 is 0 Å². The standard InChI is InChI=1S/C18H25F2N3O/c1-12(7-13-5-6-14(19)9-15(13)20)8-16(17(24)18(2,3)4)23-11-21-10-22-23/h5-6,9-12,16-17,24H,7-8H2,1-4H3. The van der Waals surface area contributed by atoms with Crippen molar-refractivity contribution in [3.8, 4) is 0 Å². The summed E-state index contributed by atoms with van der Waals surface area (Å²) in [5.41, 5.74) is 0.156. The molecule has 0 aliphatic rings. The van der Waals surface area contributed by atoms with Crippen molar-refractivity contribution in [2.75, 3.05) is 0 Å². The lowest BCUT2D eigenvalue weighted by molar-refractivity contribution is 0.00436. The molecular formula is C18H25F2N3O. The van der Waals surface area contributed by atoms with E-state index < -0.39 is 17.7 Å². The van der Waals surface area contributed by atoms with Gasteiger partial charge in [0.1, 0.15) is 24.3 Å². The van der Waals surface area contributed by atoms with Gasteiger partial charge in [-0.05, 0) is 35.8 Å². The van der Waals surface area contributed by atoms with Gasteiger partial charge < -0.3 is 5.11 Å². The van der Waals surface area contributed by atoms with Crippen LogP contribution >= 0.6 is 0 Å². The summed E-state index contributed by atoms with van der Waals surface area (Å²) in [5.74, 6) is -1.03. The highest BCUT2D eigenvalue weighted by Crippen LogP contribution is 2.33. The van der Waals surface area contributed by atoms with Crippen LogP contribution in [0.25, 0.3) is 0 Å². The molecule has 1 aromatic carbocycles. The van der Waals surface area contributed by atoms with Gasteiger partial charge in [-0.15, -0.1) is 0 Å². The molecule has 0 aliphatic heterocycles. The molecule has 0 aliphatic carbocycles. The van der Waals surface area contributed by atoms with Gasteiger partial charge in [0.05, 0.1) is 12.1 Å². The molecule has 0 radical (unpaired) electrons. The van der Waals surface area contributed by atoms with E-state index in [1.54, 1.807) is 11.0 Å². The van der Waals surface area contributed by atoms with E-state index in [1.165, 1.54) is 18.5 Å². The maximum atomic E-state index is 13.9. The van der Waals surface area contributed by atoms with Gasteiger partial charge in [-0.2, -0.15) is 5.10 Å². The summed E-state index contributed by atoms with van der Waals surface area (Å²) in [7, 11) is 0. The van der Waals surface area contributed by atoms with Crippen LogP contribution in [0.3, 0.4) is 0 Å². The van der Waals surface area contributed by atoms with Gasteiger partial charge in [-0.1, -0.05) is 33.8 Å². The van der Waals surface area contributed by atoms with Crippen molar-refractivity contribution in [2.24, 2.45) is 11.3 Å². The molecule has 0 saturated carbocycles. The number of benzene rings is 1. The zero-order chi connectivity index (χ0) is 17.9. The Bertz CT molecular complexity index is 653. The van der Waals surface area contributed by atoms with Gasteiger partial charge >= 0.3 is 0 Å². The van der Waals surface area contributed by atoms with Gasteiger partial charge in [0, 0.05) is 6.07 Å². The molecule has 1 aromatic heterocycles. The number of aliphatic hydroxyl groups excluding tert-OH is 1. The summed E-state index contributed by atoms with van der Waals surface area (Å²) in [5, 5.41) is 14.9. The van der Waals surface area contributed by atoms with Crippen molar-refractivity contribution in [2.45, 2.75) is 52.7 Å². The van der Waals surface area contributed by atoms with Crippen LogP contribution in [0.1, 0.15) is 45.7 Å². The first-order chi connectivity index (χ1) is 11.2. The van der Waals surface area contributed by atoms with Crippen LogP contribution in [-0.4, -0.2) is 26.0 Å². The molecule has 24 heavy (non-hydrogen) atoms. The first kappa shape index (κ1) is 18.5. The Morgan fingerprint density at radius 2 is 1.96 bits per heavy atom. The normalized spacial score (nSPS) is 16.0. The van der Waals surface area contributed by atoms with Crippen LogP contribution in [0.15, 0.2) is 30.9 Å². The number of hydrogen-bond acceptors (Lipinski definition) is 3. The van der Waals surface area contributed by atoms with E-state index in [1.807, 2.05) is 27.7 Å². The SMILES string of the molecule is CC(Cc1ccc(F)cc1F)CC(C(O)C(C)(C)C)n1cncn1. The minimum atomic E-state index is -0.625. The Balaban J connectivity index is 2.14. The van der Waals surface area contributed by atoms with Crippen LogP contribution in [0, 0.1) is 23.0 Å². The highest BCUT2D eigenvalue weighted by Gasteiger charge is 2.33. The molecule has 0 bridgehead atoms. The fraction of sp³-hybridized carbons (Fsp3) is 0.556. The molecule has 0 spiro atoms. The largest absolute Gasteiger partial charge is 0.390 e. The third kappa shape index (κ3) is 4.60. The molecule has 0 saturated heterocycles. The quantitative estimate of drug-likeness (QED) is 0.873. The lowest BCUT2D eigenvalue weighted by Gasteiger charge is -2.34. The Morgan fingerprint density at radius 1 is 1.25 bits per heavy atom. The van der Waals surface area contributed by atoms with Crippen LogP contribution in [0.2, 0.25) is 0 Å². The Hall–Kier alpha value is -1.82. The van der Waals surface area contributed by atoms with Gasteiger partial charge in [-0.25, -0.2) is 18.4 Å². The van der Waals surface area contributed by atoms with Crippen molar-refractivity contribution < 1.29 is 13.9 Å². The summed E-state index contributed by atoms with van der Waals surface area (Å²) >= 11 is 0. The fourth-order valence-electron chi connectivity index (χ4n) is 2.91. The second-order valence-electron chi connectivity index (χ2n) is 7.53. The molecule has 0 amide bonds. The van der Waals surface area contributed by atoms with Gasteiger partial charge in [0.15, 0.2) is 0 Å². The Labute approximate surface area is 141 Å². The molecule has 2 aromatic rings. The van der Waals surface area contributed by atoms with E-state index in [9.17, 15) is 13.9 Å². The van der Waals surface area contributed by atoms with E-state index in [0.29, 0.717) is 18.4 Å². The molecule has 6 heteroatoms. The van der Waals surface area contributed by atoms with Crippen LogP contribution in [-0.2, 0) is 6.42 Å². The molecule has 3 atom stereocenters. The molecular weight excluding hydrogens is 312 g/mol. The fourth-order valence-corrected chi connectivity index (χ4v) is 2.91. The van der Waals surface area contributed by atoms with E-state index in [4.69, 9.17) is 0 Å². The molecule has 3 unspecified atom stereocenters. The zero-order valence-electron chi connectivity index (χ0n) is 14.6. The molecule has 2 rings (SSSR count). The van der Waals surface area contributed by atoms with Crippen LogP contribution in [0.5, 0.6) is 0 Å². The number of rotatable bonds is 6. The predicted molar refractivity (Wildman–Crippen MR) is 88.4 cm³/mol. The summed E-state index contributed by atoms with van der Waals surface area (Å²) in [4.78, 5) is 3.96. The summed E-state index contributed by atoms with van der Waals surface area (Å²) < 4.78 is 28.5. The second kappa shape index (κ2) is 7.38. The smallest absolute Gasteiger partial charge is 0.137 e. The van der Waals surface area contributed by atoms with E-state index >= 15 is 0 Å². The summed E-state index contributed by atoms with van der Waals surface area (Å²) in [6.07, 6.45) is 3.48. The predicted octanol–water partition coefficient (Wildman–Crippen LogP) is 3.77. The average Bonchev–Trinajstić information content (AvgIpc) is 3.00. The zero-order valence-corrected chi connectivity index (χ0v) is 14.6. The van der Waals surface area contributed by atoms with Crippen molar-refractivity contribution in [3.05, 3.63) is 48.1 Å². The number of hydrogen-bond donors (Lipinski definition) is 1. The molecule has 1 N–H and O–H groups in total. The maximum Gasteiger partial charge on any atom is 0.137 e. The Kier molecular flexibility index (Phi) is 5.70. The van der Waals surface area contributed by atoms with E-state index in [0.717, 1.165) is 6.07 Å². The summed E-state index contributed by atoms with van der Waals surface area (Å²) in [6.45, 7) is 7.88. The maximum absolute atomic E-state index is 13.9. The van der Waals surface area contributed by atoms with Gasteiger partial charge in [-0.3, -0.25) is 0 Å². The van der Waals surface area contributed by atoms with Gasteiger partial charge in [0.25, 0.3) is 0 Å². The first-order valence-corrected chi connectivity index (χ1v) is 8.14. The average molecular weight is 337 g/mol. The summed E-state index contributed by atoms with van der Waals surface area (Å²) in [6, 6.07) is 3.39. The highest BCUT2D eigenvalue weighted by atomic mass is 19.1. The lowest BCUT2D eigenvalue weighted by atomic mass is 9.81.